The summed E-state index contributed by atoms with van der Waals surface area (Å²) >= 11 is 0. The lowest BCUT2D eigenvalue weighted by Crippen LogP contribution is -2.36. The van der Waals surface area contributed by atoms with Crippen LogP contribution in [-0.4, -0.2) is 30.9 Å². The number of ether oxygens (including phenoxy) is 2. The van der Waals surface area contributed by atoms with Gasteiger partial charge in [0.1, 0.15) is 17.1 Å². The van der Waals surface area contributed by atoms with Crippen molar-refractivity contribution in [1.29, 1.82) is 0 Å². The minimum atomic E-state index is -3.92. The second-order valence-electron chi connectivity index (χ2n) is 8.18. The normalized spacial score (nSPS) is 19.1. The van der Waals surface area contributed by atoms with Gasteiger partial charge in [0.25, 0.3) is 10.1 Å². The maximum atomic E-state index is 10.7. The van der Waals surface area contributed by atoms with Gasteiger partial charge in [-0.1, -0.05) is 45.4 Å². The molecule has 1 aromatic rings. The Morgan fingerprint density at radius 3 is 2.54 bits per heavy atom. The number of aryl methyl sites for hydroxylation is 1. The van der Waals surface area contributed by atoms with Crippen LogP contribution in [0.15, 0.2) is 18.2 Å². The summed E-state index contributed by atoms with van der Waals surface area (Å²) in [4.78, 5) is 0. The van der Waals surface area contributed by atoms with E-state index in [1.54, 1.807) is 0 Å². The number of unbranched alkanes of at least 4 members (excludes halogenated alkanes) is 6. The Labute approximate surface area is 170 Å². The average Bonchev–Trinajstić information content (AvgIpc) is 2.64. The van der Waals surface area contributed by atoms with E-state index in [0.29, 0.717) is 5.75 Å². The van der Waals surface area contributed by atoms with Crippen LogP contribution in [-0.2, 0) is 16.5 Å². The van der Waals surface area contributed by atoms with E-state index in [9.17, 15) is 8.42 Å². The summed E-state index contributed by atoms with van der Waals surface area (Å²) in [6.45, 7) is 4.72. The van der Waals surface area contributed by atoms with Gasteiger partial charge in [0.05, 0.1) is 12.4 Å². The summed E-state index contributed by atoms with van der Waals surface area (Å²) in [5.41, 5.74) is 1.05. The van der Waals surface area contributed by atoms with Gasteiger partial charge in [0.2, 0.25) is 0 Å². The van der Waals surface area contributed by atoms with Crippen molar-refractivity contribution in [2.75, 3.05) is 12.4 Å². The summed E-state index contributed by atoms with van der Waals surface area (Å²) in [6.07, 6.45) is 12.5. The van der Waals surface area contributed by atoms with Crippen molar-refractivity contribution in [1.82, 2.24) is 0 Å². The highest BCUT2D eigenvalue weighted by atomic mass is 32.2. The predicted molar refractivity (Wildman–Crippen MR) is 113 cm³/mol. The molecule has 1 N–H and O–H groups in total. The fourth-order valence-corrected chi connectivity index (χ4v) is 4.20. The lowest BCUT2D eigenvalue weighted by Gasteiger charge is -2.36. The largest absolute Gasteiger partial charge is 0.494 e. The molecule has 0 bridgehead atoms. The highest BCUT2D eigenvalue weighted by Crippen LogP contribution is 2.37. The third-order valence-electron chi connectivity index (χ3n) is 5.44. The van der Waals surface area contributed by atoms with Crippen LogP contribution in [0.5, 0.6) is 11.5 Å². The molecule has 1 heterocycles. The van der Waals surface area contributed by atoms with E-state index in [-0.39, 0.29) is 24.4 Å². The van der Waals surface area contributed by atoms with Crippen molar-refractivity contribution in [3.8, 4) is 11.5 Å². The van der Waals surface area contributed by atoms with Crippen LogP contribution in [0.4, 0.5) is 0 Å². The predicted octanol–water partition coefficient (Wildman–Crippen LogP) is 5.57. The summed E-state index contributed by atoms with van der Waals surface area (Å²) in [5, 5.41) is 0. The zero-order chi connectivity index (χ0) is 20.5. The Balaban J connectivity index is 1.75. The average molecular weight is 413 g/mol. The van der Waals surface area contributed by atoms with Crippen LogP contribution in [0.3, 0.4) is 0 Å². The van der Waals surface area contributed by atoms with E-state index in [4.69, 9.17) is 14.0 Å². The number of hydrogen-bond acceptors (Lipinski definition) is 4. The van der Waals surface area contributed by atoms with Crippen LogP contribution in [0.25, 0.3) is 0 Å². The number of fused-ring (bicyclic) bond motifs is 1. The Morgan fingerprint density at radius 2 is 1.82 bits per heavy atom. The van der Waals surface area contributed by atoms with Crippen LogP contribution < -0.4 is 9.47 Å². The molecular weight excluding hydrogens is 376 g/mol. The second kappa shape index (κ2) is 11.1. The standard InChI is InChI=1S/C22H36O5S/c1-3-4-5-6-7-8-9-14-22(2)15-13-19-18-20(11-12-21(19)27-22)26-16-10-17-28(23,24)25/h11-12,18H,3-10,13-17H2,1-2H3,(H,23,24,25). The van der Waals surface area contributed by atoms with Gasteiger partial charge in [-0.3, -0.25) is 4.55 Å². The van der Waals surface area contributed by atoms with E-state index in [2.05, 4.69) is 13.8 Å². The van der Waals surface area contributed by atoms with Crippen LogP contribution in [0.2, 0.25) is 0 Å². The van der Waals surface area contributed by atoms with E-state index in [0.717, 1.165) is 30.6 Å². The minimum absolute atomic E-state index is 0.0890. The second-order valence-corrected chi connectivity index (χ2v) is 9.75. The Kier molecular flexibility index (Phi) is 9.09. The zero-order valence-corrected chi connectivity index (χ0v) is 18.2. The van der Waals surface area contributed by atoms with Crippen molar-refractivity contribution >= 4 is 10.1 Å². The smallest absolute Gasteiger partial charge is 0.264 e. The highest BCUT2D eigenvalue weighted by molar-refractivity contribution is 7.85. The lowest BCUT2D eigenvalue weighted by atomic mass is 9.88. The molecule has 0 saturated carbocycles. The minimum Gasteiger partial charge on any atom is -0.494 e. The number of benzene rings is 1. The molecule has 0 aromatic heterocycles. The summed E-state index contributed by atoms with van der Waals surface area (Å²) in [7, 11) is -3.92. The molecule has 2 rings (SSSR count). The van der Waals surface area contributed by atoms with Gasteiger partial charge in [-0.2, -0.15) is 8.42 Å². The van der Waals surface area contributed by atoms with Crippen LogP contribution >= 0.6 is 0 Å². The van der Waals surface area contributed by atoms with Crippen molar-refractivity contribution in [3.05, 3.63) is 23.8 Å². The molecular formula is C22H36O5S. The van der Waals surface area contributed by atoms with Crippen molar-refractivity contribution < 1.29 is 22.4 Å². The van der Waals surface area contributed by atoms with Crippen molar-refractivity contribution in [2.45, 2.75) is 90.1 Å². The summed E-state index contributed by atoms with van der Waals surface area (Å²) in [6, 6.07) is 5.80. The van der Waals surface area contributed by atoms with Crippen LogP contribution in [0, 0.1) is 0 Å². The highest BCUT2D eigenvalue weighted by Gasteiger charge is 2.31. The molecule has 1 aliphatic heterocycles. The molecule has 0 aliphatic carbocycles. The fraction of sp³-hybridized carbons (Fsp3) is 0.727. The van der Waals surface area contributed by atoms with Crippen molar-refractivity contribution in [2.24, 2.45) is 0 Å². The third kappa shape index (κ3) is 8.39. The van der Waals surface area contributed by atoms with E-state index in [1.165, 1.54) is 44.9 Å². The summed E-state index contributed by atoms with van der Waals surface area (Å²) < 4.78 is 42.1. The molecule has 0 fully saturated rings. The lowest BCUT2D eigenvalue weighted by molar-refractivity contribution is 0.0533. The molecule has 1 atom stereocenters. The first kappa shape index (κ1) is 23.0. The molecule has 28 heavy (non-hydrogen) atoms. The Hall–Kier alpha value is -1.27. The monoisotopic (exact) mass is 412 g/mol. The van der Waals surface area contributed by atoms with Gasteiger partial charge in [0.15, 0.2) is 0 Å². The van der Waals surface area contributed by atoms with E-state index in [1.807, 2.05) is 18.2 Å². The number of hydrogen-bond donors (Lipinski definition) is 1. The first-order chi connectivity index (χ1) is 13.3. The van der Waals surface area contributed by atoms with E-state index < -0.39 is 10.1 Å². The maximum absolute atomic E-state index is 10.7. The molecule has 0 spiro atoms. The van der Waals surface area contributed by atoms with Gasteiger partial charge in [-0.25, -0.2) is 0 Å². The molecule has 0 radical (unpaired) electrons. The van der Waals surface area contributed by atoms with Gasteiger partial charge in [-0.05, 0) is 62.8 Å². The fourth-order valence-electron chi connectivity index (χ4n) is 3.72. The van der Waals surface area contributed by atoms with Gasteiger partial charge < -0.3 is 9.47 Å². The van der Waals surface area contributed by atoms with E-state index >= 15 is 0 Å². The zero-order valence-electron chi connectivity index (χ0n) is 17.4. The molecule has 6 heteroatoms. The molecule has 1 aliphatic rings. The summed E-state index contributed by atoms with van der Waals surface area (Å²) in [5.74, 6) is 1.37. The first-order valence-corrected chi connectivity index (χ1v) is 12.3. The molecule has 0 saturated heterocycles. The third-order valence-corrected chi connectivity index (χ3v) is 6.24. The van der Waals surface area contributed by atoms with Crippen LogP contribution in [0.1, 0.15) is 83.6 Å². The molecule has 1 unspecified atom stereocenters. The molecule has 160 valence electrons. The Morgan fingerprint density at radius 1 is 1.11 bits per heavy atom. The SMILES string of the molecule is CCCCCCCCCC1(C)CCc2cc(OCCCS(=O)(=O)O)ccc2O1. The number of rotatable bonds is 13. The maximum Gasteiger partial charge on any atom is 0.264 e. The molecule has 1 aromatic carbocycles. The van der Waals surface area contributed by atoms with Crippen molar-refractivity contribution in [3.63, 3.8) is 0 Å². The first-order valence-electron chi connectivity index (χ1n) is 10.7. The van der Waals surface area contributed by atoms with Gasteiger partial charge in [0, 0.05) is 0 Å². The Bertz CT molecular complexity index is 701. The van der Waals surface area contributed by atoms with Gasteiger partial charge in [-0.15, -0.1) is 0 Å². The van der Waals surface area contributed by atoms with Gasteiger partial charge >= 0.3 is 0 Å². The quantitative estimate of drug-likeness (QED) is 0.339. The topological polar surface area (TPSA) is 72.8 Å². The molecule has 0 amide bonds. The molecule has 5 nitrogen and oxygen atoms in total.